The summed E-state index contributed by atoms with van der Waals surface area (Å²) in [5.41, 5.74) is 2.56. The third kappa shape index (κ3) is 4.23. The van der Waals surface area contributed by atoms with Crippen LogP contribution in [0.2, 0.25) is 5.02 Å². The van der Waals surface area contributed by atoms with Crippen molar-refractivity contribution in [3.63, 3.8) is 0 Å². The fraction of sp³-hybridized carbons (Fsp3) is 0.333. The van der Waals surface area contributed by atoms with Crippen molar-refractivity contribution in [3.8, 4) is 0 Å². The lowest BCUT2D eigenvalue weighted by atomic mass is 9.93. The van der Waals surface area contributed by atoms with E-state index in [2.05, 4.69) is 13.8 Å². The Morgan fingerprint density at radius 2 is 1.59 bits per heavy atom. The van der Waals surface area contributed by atoms with Crippen molar-refractivity contribution in [2.45, 2.75) is 39.7 Å². The van der Waals surface area contributed by atoms with Crippen molar-refractivity contribution in [1.29, 1.82) is 0 Å². The topological polar surface area (TPSA) is 57.6 Å². The number of rotatable bonds is 5. The highest BCUT2D eigenvalue weighted by atomic mass is 35.5. The molecule has 1 fully saturated rings. The number of Topliss-reactive ketones (excluding diaryl/α,β-unsaturated/α-hetero) is 1. The normalized spacial score (nSPS) is 18.9. The number of carbonyl (C=O) groups excluding carboxylic acids is 2. The van der Waals surface area contributed by atoms with Crippen molar-refractivity contribution in [1.82, 2.24) is 4.90 Å². The zero-order valence-electron chi connectivity index (χ0n) is 17.1. The second-order valence-electron chi connectivity index (χ2n) is 8.17. The molecule has 0 radical (unpaired) electrons. The highest BCUT2D eigenvalue weighted by Crippen LogP contribution is 2.40. The molecule has 2 aromatic carbocycles. The van der Waals surface area contributed by atoms with Crippen LogP contribution in [-0.4, -0.2) is 28.2 Å². The van der Waals surface area contributed by atoms with E-state index in [0.29, 0.717) is 23.0 Å². The molecule has 1 saturated heterocycles. The van der Waals surface area contributed by atoms with Crippen molar-refractivity contribution < 1.29 is 14.7 Å². The SMILES string of the molecule is CC(C)CN1C(=O)C(=O)/C(=C(/O)c2ccc(Cl)cc2)C1c1ccc(C(C)C)cc1. The molecular weight excluding hydrogens is 386 g/mol. The first-order chi connectivity index (χ1) is 13.7. The number of hydrogen-bond acceptors (Lipinski definition) is 3. The van der Waals surface area contributed by atoms with Gasteiger partial charge in [0, 0.05) is 17.1 Å². The van der Waals surface area contributed by atoms with E-state index in [0.717, 1.165) is 5.56 Å². The molecule has 0 aromatic heterocycles. The summed E-state index contributed by atoms with van der Waals surface area (Å²) in [4.78, 5) is 27.3. The van der Waals surface area contributed by atoms with E-state index in [1.165, 1.54) is 5.56 Å². The molecule has 5 heteroatoms. The molecule has 1 N–H and O–H groups in total. The average molecular weight is 412 g/mol. The van der Waals surface area contributed by atoms with E-state index < -0.39 is 17.7 Å². The van der Waals surface area contributed by atoms with Gasteiger partial charge in [-0.3, -0.25) is 9.59 Å². The lowest BCUT2D eigenvalue weighted by Crippen LogP contribution is -2.33. The quantitative estimate of drug-likeness (QED) is 0.399. The summed E-state index contributed by atoms with van der Waals surface area (Å²) in [5.74, 6) is -0.853. The third-order valence-electron chi connectivity index (χ3n) is 5.14. The van der Waals surface area contributed by atoms with Gasteiger partial charge < -0.3 is 10.0 Å². The molecule has 152 valence electrons. The van der Waals surface area contributed by atoms with E-state index in [9.17, 15) is 14.7 Å². The highest BCUT2D eigenvalue weighted by Gasteiger charge is 2.46. The second kappa shape index (κ2) is 8.42. The number of nitrogens with zero attached hydrogens (tertiary/aromatic N) is 1. The van der Waals surface area contributed by atoms with Crippen LogP contribution < -0.4 is 0 Å². The maximum Gasteiger partial charge on any atom is 0.295 e. The van der Waals surface area contributed by atoms with E-state index in [-0.39, 0.29) is 17.3 Å². The number of amides is 1. The first-order valence-electron chi connectivity index (χ1n) is 9.85. The summed E-state index contributed by atoms with van der Waals surface area (Å²) in [6.07, 6.45) is 0. The Balaban J connectivity index is 2.15. The summed E-state index contributed by atoms with van der Waals surface area (Å²) in [6, 6.07) is 13.9. The predicted molar refractivity (Wildman–Crippen MR) is 116 cm³/mol. The minimum Gasteiger partial charge on any atom is -0.507 e. The van der Waals surface area contributed by atoms with Gasteiger partial charge in [-0.15, -0.1) is 0 Å². The van der Waals surface area contributed by atoms with Gasteiger partial charge in [0.05, 0.1) is 11.6 Å². The average Bonchev–Trinajstić information content (AvgIpc) is 2.92. The first kappa shape index (κ1) is 21.1. The van der Waals surface area contributed by atoms with Gasteiger partial charge in [0.15, 0.2) is 0 Å². The van der Waals surface area contributed by atoms with Gasteiger partial charge in [-0.05, 0) is 47.2 Å². The smallest absolute Gasteiger partial charge is 0.295 e. The molecule has 1 amide bonds. The number of benzene rings is 2. The van der Waals surface area contributed by atoms with Crippen LogP contribution in [0.15, 0.2) is 54.1 Å². The maximum atomic E-state index is 12.9. The Hall–Kier alpha value is -2.59. The fourth-order valence-corrected chi connectivity index (χ4v) is 3.76. The van der Waals surface area contributed by atoms with Gasteiger partial charge in [-0.25, -0.2) is 0 Å². The molecule has 1 aliphatic rings. The van der Waals surface area contributed by atoms with Crippen molar-refractivity contribution >= 4 is 29.1 Å². The van der Waals surface area contributed by atoms with Crippen LogP contribution in [0.3, 0.4) is 0 Å². The molecule has 1 heterocycles. The molecule has 0 bridgehead atoms. The first-order valence-corrected chi connectivity index (χ1v) is 10.2. The predicted octanol–water partition coefficient (Wildman–Crippen LogP) is 5.54. The van der Waals surface area contributed by atoms with Crippen LogP contribution in [0.5, 0.6) is 0 Å². The van der Waals surface area contributed by atoms with E-state index >= 15 is 0 Å². The maximum absolute atomic E-state index is 12.9. The Morgan fingerprint density at radius 1 is 1.00 bits per heavy atom. The van der Waals surface area contributed by atoms with Crippen LogP contribution in [0.1, 0.15) is 56.3 Å². The molecule has 0 aliphatic carbocycles. The standard InChI is InChI=1S/C24H26ClNO3/c1-14(2)13-26-21(17-7-5-16(6-8-17)15(3)4)20(23(28)24(26)29)22(27)18-9-11-19(25)12-10-18/h5-12,14-15,21,27H,13H2,1-4H3/b22-20+. The molecule has 1 unspecified atom stereocenters. The van der Waals surface area contributed by atoms with Gasteiger partial charge in [0.25, 0.3) is 11.7 Å². The number of aliphatic hydroxyl groups excluding tert-OH is 1. The van der Waals surface area contributed by atoms with Gasteiger partial charge >= 0.3 is 0 Å². The second-order valence-corrected chi connectivity index (χ2v) is 8.61. The van der Waals surface area contributed by atoms with Crippen LogP contribution in [0, 0.1) is 5.92 Å². The summed E-state index contributed by atoms with van der Waals surface area (Å²) >= 11 is 5.95. The van der Waals surface area contributed by atoms with Crippen LogP contribution in [0.25, 0.3) is 5.76 Å². The number of ketones is 1. The van der Waals surface area contributed by atoms with Crippen LogP contribution in [0.4, 0.5) is 0 Å². The van der Waals surface area contributed by atoms with Gasteiger partial charge in [0.2, 0.25) is 0 Å². The molecule has 0 saturated carbocycles. The van der Waals surface area contributed by atoms with E-state index in [1.807, 2.05) is 38.1 Å². The van der Waals surface area contributed by atoms with Crippen LogP contribution >= 0.6 is 11.6 Å². The molecule has 1 aliphatic heterocycles. The lowest BCUT2D eigenvalue weighted by molar-refractivity contribution is -0.140. The Bertz CT molecular complexity index is 943. The van der Waals surface area contributed by atoms with Crippen LogP contribution in [-0.2, 0) is 9.59 Å². The molecule has 1 atom stereocenters. The van der Waals surface area contributed by atoms with E-state index in [4.69, 9.17) is 11.6 Å². The zero-order valence-corrected chi connectivity index (χ0v) is 17.9. The molecule has 3 rings (SSSR count). The highest BCUT2D eigenvalue weighted by molar-refractivity contribution is 6.46. The summed E-state index contributed by atoms with van der Waals surface area (Å²) in [5, 5.41) is 11.5. The van der Waals surface area contributed by atoms with Gasteiger partial charge in [0.1, 0.15) is 5.76 Å². The minimum atomic E-state index is -0.656. The lowest BCUT2D eigenvalue weighted by Gasteiger charge is -2.27. The van der Waals surface area contributed by atoms with Gasteiger partial charge in [-0.2, -0.15) is 0 Å². The minimum absolute atomic E-state index is 0.121. The van der Waals surface area contributed by atoms with Gasteiger partial charge in [-0.1, -0.05) is 63.6 Å². The van der Waals surface area contributed by atoms with Crippen molar-refractivity contribution in [2.24, 2.45) is 5.92 Å². The monoisotopic (exact) mass is 411 g/mol. The van der Waals surface area contributed by atoms with E-state index in [1.54, 1.807) is 29.2 Å². The fourth-order valence-electron chi connectivity index (χ4n) is 3.63. The molecule has 29 heavy (non-hydrogen) atoms. The van der Waals surface area contributed by atoms with Crippen molar-refractivity contribution in [3.05, 3.63) is 75.8 Å². The Labute approximate surface area is 176 Å². The third-order valence-corrected chi connectivity index (χ3v) is 5.39. The molecule has 2 aromatic rings. The number of hydrogen-bond donors (Lipinski definition) is 1. The molecular formula is C24H26ClNO3. The number of likely N-dealkylation sites (tertiary alicyclic amines) is 1. The molecule has 0 spiro atoms. The number of halogens is 1. The summed E-state index contributed by atoms with van der Waals surface area (Å²) in [7, 11) is 0. The zero-order chi connectivity index (χ0) is 21.3. The van der Waals surface area contributed by atoms with Crippen molar-refractivity contribution in [2.75, 3.05) is 6.54 Å². The molecule has 4 nitrogen and oxygen atoms in total. The largest absolute Gasteiger partial charge is 0.507 e. The number of aliphatic hydroxyl groups is 1. The number of carbonyl (C=O) groups is 2. The summed E-state index contributed by atoms with van der Waals surface area (Å²) < 4.78 is 0. The Kier molecular flexibility index (Phi) is 6.13. The summed E-state index contributed by atoms with van der Waals surface area (Å²) in [6.45, 7) is 8.65. The Morgan fingerprint density at radius 3 is 2.10 bits per heavy atom.